The van der Waals surface area contributed by atoms with Crippen molar-refractivity contribution in [3.05, 3.63) is 47.4 Å². The van der Waals surface area contributed by atoms with Crippen molar-refractivity contribution in [2.24, 2.45) is 0 Å². The van der Waals surface area contributed by atoms with E-state index in [1.165, 1.54) is 18.2 Å². The predicted molar refractivity (Wildman–Crippen MR) is 56.7 cm³/mol. The lowest BCUT2D eigenvalue weighted by Gasteiger charge is -2.05. The van der Waals surface area contributed by atoms with Crippen LogP contribution >= 0.6 is 0 Å². The molecule has 2 rings (SSSR count). The fraction of sp³-hybridized carbons (Fsp3) is 0.167. The Hall–Kier alpha value is -2.35. The van der Waals surface area contributed by atoms with E-state index in [1.807, 2.05) is 0 Å². The van der Waals surface area contributed by atoms with Crippen LogP contribution < -0.4 is 4.74 Å². The minimum atomic E-state index is -0.603. The van der Waals surface area contributed by atoms with Gasteiger partial charge in [-0.05, 0) is 19.1 Å². The maximum absolute atomic E-state index is 13.2. The number of aryl methyl sites for hydroxylation is 1. The molecule has 0 N–H and O–H groups in total. The molecule has 0 atom stereocenters. The molecule has 2 aromatic rings. The Kier molecular flexibility index (Phi) is 3.06. The van der Waals surface area contributed by atoms with E-state index in [9.17, 15) is 4.39 Å². The molecule has 86 valence electrons. The summed E-state index contributed by atoms with van der Waals surface area (Å²) in [5.41, 5.74) is -0.115. The minimum Gasteiger partial charge on any atom is -0.482 e. The normalized spacial score (nSPS) is 9.94. The SMILES string of the molecule is Cc1cnc(COc2cccc(F)c2C#N)o1. The van der Waals surface area contributed by atoms with Crippen LogP contribution in [0.15, 0.2) is 28.8 Å². The number of halogens is 1. The molecule has 1 heterocycles. The average molecular weight is 232 g/mol. The quantitative estimate of drug-likeness (QED) is 0.816. The summed E-state index contributed by atoms with van der Waals surface area (Å²) in [6, 6.07) is 5.97. The zero-order valence-corrected chi connectivity index (χ0v) is 9.11. The maximum atomic E-state index is 13.2. The second-order valence-corrected chi connectivity index (χ2v) is 3.38. The molecule has 0 saturated heterocycles. The zero-order valence-electron chi connectivity index (χ0n) is 9.11. The Morgan fingerprint density at radius 1 is 1.53 bits per heavy atom. The number of benzene rings is 1. The van der Waals surface area contributed by atoms with Crippen molar-refractivity contribution < 1.29 is 13.5 Å². The van der Waals surface area contributed by atoms with Crippen molar-refractivity contribution in [2.75, 3.05) is 0 Å². The van der Waals surface area contributed by atoms with Gasteiger partial charge in [-0.1, -0.05) is 6.07 Å². The second kappa shape index (κ2) is 4.66. The van der Waals surface area contributed by atoms with E-state index in [0.29, 0.717) is 11.7 Å². The number of oxazole rings is 1. The van der Waals surface area contributed by atoms with Crippen molar-refractivity contribution in [3.63, 3.8) is 0 Å². The van der Waals surface area contributed by atoms with Crippen molar-refractivity contribution in [1.29, 1.82) is 5.26 Å². The van der Waals surface area contributed by atoms with Gasteiger partial charge in [0.2, 0.25) is 5.89 Å². The van der Waals surface area contributed by atoms with Gasteiger partial charge in [0.05, 0.1) is 6.20 Å². The van der Waals surface area contributed by atoms with Crippen LogP contribution in [0.5, 0.6) is 5.75 Å². The Bertz CT molecular complexity index is 572. The molecular formula is C12H9FN2O2. The van der Waals surface area contributed by atoms with Gasteiger partial charge >= 0.3 is 0 Å². The van der Waals surface area contributed by atoms with Gasteiger partial charge in [-0.3, -0.25) is 0 Å². The molecule has 0 aliphatic heterocycles. The highest BCUT2D eigenvalue weighted by Crippen LogP contribution is 2.21. The number of nitrogens with zero attached hydrogens (tertiary/aromatic N) is 2. The molecule has 5 heteroatoms. The van der Waals surface area contributed by atoms with Gasteiger partial charge in [0.15, 0.2) is 6.61 Å². The Balaban J connectivity index is 2.14. The van der Waals surface area contributed by atoms with E-state index >= 15 is 0 Å². The van der Waals surface area contributed by atoms with E-state index in [0.717, 1.165) is 0 Å². The average Bonchev–Trinajstić information content (AvgIpc) is 2.72. The van der Waals surface area contributed by atoms with Gasteiger partial charge in [-0.25, -0.2) is 9.37 Å². The monoisotopic (exact) mass is 232 g/mol. The predicted octanol–water partition coefficient (Wildman–Crippen LogP) is 2.57. The molecule has 0 spiro atoms. The van der Waals surface area contributed by atoms with Gasteiger partial charge in [0.1, 0.15) is 29.0 Å². The first-order valence-electron chi connectivity index (χ1n) is 4.93. The van der Waals surface area contributed by atoms with Crippen LogP contribution in [-0.2, 0) is 6.61 Å². The van der Waals surface area contributed by atoms with Crippen molar-refractivity contribution in [1.82, 2.24) is 4.98 Å². The second-order valence-electron chi connectivity index (χ2n) is 3.38. The molecule has 17 heavy (non-hydrogen) atoms. The number of rotatable bonds is 3. The topological polar surface area (TPSA) is 59.0 Å². The van der Waals surface area contributed by atoms with Crippen LogP contribution in [0.1, 0.15) is 17.2 Å². The molecule has 1 aromatic carbocycles. The minimum absolute atomic E-state index is 0.0615. The van der Waals surface area contributed by atoms with Gasteiger partial charge in [0, 0.05) is 0 Å². The van der Waals surface area contributed by atoms with E-state index in [4.69, 9.17) is 14.4 Å². The molecule has 1 aromatic heterocycles. The van der Waals surface area contributed by atoms with Crippen LogP contribution in [0.3, 0.4) is 0 Å². The number of ether oxygens (including phenoxy) is 1. The van der Waals surface area contributed by atoms with Gasteiger partial charge in [0.25, 0.3) is 0 Å². The van der Waals surface area contributed by atoms with Crippen molar-refractivity contribution in [3.8, 4) is 11.8 Å². The first kappa shape index (κ1) is 11.1. The van der Waals surface area contributed by atoms with Crippen molar-refractivity contribution in [2.45, 2.75) is 13.5 Å². The first-order chi connectivity index (χ1) is 8.20. The summed E-state index contributed by atoms with van der Waals surface area (Å²) in [5, 5.41) is 8.79. The van der Waals surface area contributed by atoms with Crippen LogP contribution in [0.25, 0.3) is 0 Å². The van der Waals surface area contributed by atoms with Crippen LogP contribution in [-0.4, -0.2) is 4.98 Å². The third-order valence-electron chi connectivity index (χ3n) is 2.11. The number of aromatic nitrogens is 1. The molecule has 0 amide bonds. The smallest absolute Gasteiger partial charge is 0.232 e. The van der Waals surface area contributed by atoms with Crippen molar-refractivity contribution >= 4 is 0 Å². The number of hydrogen-bond acceptors (Lipinski definition) is 4. The highest BCUT2D eigenvalue weighted by molar-refractivity contribution is 5.43. The van der Waals surface area contributed by atoms with E-state index in [1.54, 1.807) is 19.2 Å². The fourth-order valence-corrected chi connectivity index (χ4v) is 1.34. The number of hydrogen-bond donors (Lipinski definition) is 0. The standard InChI is InChI=1S/C12H9FN2O2/c1-8-6-15-12(17-8)7-16-11-4-2-3-10(13)9(11)5-14/h2-4,6H,7H2,1H3. The summed E-state index contributed by atoms with van der Waals surface area (Å²) >= 11 is 0. The highest BCUT2D eigenvalue weighted by atomic mass is 19.1. The Morgan fingerprint density at radius 3 is 3.00 bits per heavy atom. The van der Waals surface area contributed by atoms with Crippen LogP contribution in [0.2, 0.25) is 0 Å². The molecule has 0 bridgehead atoms. The lowest BCUT2D eigenvalue weighted by molar-refractivity contribution is 0.258. The van der Waals surface area contributed by atoms with E-state index in [-0.39, 0.29) is 17.9 Å². The first-order valence-corrected chi connectivity index (χ1v) is 4.93. The lowest BCUT2D eigenvalue weighted by atomic mass is 10.2. The van der Waals surface area contributed by atoms with Crippen LogP contribution in [0, 0.1) is 24.1 Å². The third-order valence-corrected chi connectivity index (χ3v) is 2.11. The molecule has 0 radical (unpaired) electrons. The highest BCUT2D eigenvalue weighted by Gasteiger charge is 2.10. The van der Waals surface area contributed by atoms with Gasteiger partial charge in [-0.2, -0.15) is 5.26 Å². The van der Waals surface area contributed by atoms with Gasteiger partial charge in [-0.15, -0.1) is 0 Å². The largest absolute Gasteiger partial charge is 0.482 e. The van der Waals surface area contributed by atoms with E-state index < -0.39 is 5.82 Å². The summed E-state index contributed by atoms with van der Waals surface area (Å²) in [5.74, 6) is 0.635. The number of nitriles is 1. The summed E-state index contributed by atoms with van der Waals surface area (Å²) in [6.45, 7) is 1.82. The van der Waals surface area contributed by atoms with E-state index in [2.05, 4.69) is 4.98 Å². The molecule has 0 aliphatic carbocycles. The summed E-state index contributed by atoms with van der Waals surface area (Å²) in [4.78, 5) is 3.94. The summed E-state index contributed by atoms with van der Waals surface area (Å²) in [7, 11) is 0. The van der Waals surface area contributed by atoms with Crippen LogP contribution in [0.4, 0.5) is 4.39 Å². The fourth-order valence-electron chi connectivity index (χ4n) is 1.34. The molecule has 0 saturated carbocycles. The zero-order chi connectivity index (χ0) is 12.3. The lowest BCUT2D eigenvalue weighted by Crippen LogP contribution is -1.98. The molecular weight excluding hydrogens is 223 g/mol. The Labute approximate surface area is 97.3 Å². The summed E-state index contributed by atoms with van der Waals surface area (Å²) < 4.78 is 23.7. The molecule has 4 nitrogen and oxygen atoms in total. The molecule has 0 fully saturated rings. The molecule has 0 aliphatic rings. The van der Waals surface area contributed by atoms with Gasteiger partial charge < -0.3 is 9.15 Å². The molecule has 0 unspecified atom stereocenters. The Morgan fingerprint density at radius 2 is 2.35 bits per heavy atom. The third kappa shape index (κ3) is 2.42. The maximum Gasteiger partial charge on any atom is 0.232 e. The summed E-state index contributed by atoms with van der Waals surface area (Å²) in [6.07, 6.45) is 1.56.